The van der Waals surface area contributed by atoms with Crippen molar-refractivity contribution in [3.05, 3.63) is 68.5 Å². The van der Waals surface area contributed by atoms with Gasteiger partial charge in [-0.2, -0.15) is 18.3 Å². The van der Waals surface area contributed by atoms with E-state index in [1.165, 1.54) is 24.4 Å². The Morgan fingerprint density at radius 2 is 1.97 bits per heavy atom. The molecule has 3 N–H and O–H groups in total. The van der Waals surface area contributed by atoms with E-state index < -0.39 is 29.4 Å². The second-order valence-electron chi connectivity index (χ2n) is 6.10. The van der Waals surface area contributed by atoms with E-state index in [0.717, 1.165) is 0 Å². The SMILES string of the molecule is Cc1cc(Br)cc(C(N)=O)c1NC(=O)c1cc(C(F)(F)F)nn1-c1ncccc1Cl. The first-order chi connectivity index (χ1) is 14.0. The minimum Gasteiger partial charge on any atom is -0.366 e. The third-order valence-electron chi connectivity index (χ3n) is 3.98. The van der Waals surface area contributed by atoms with Crippen LogP contribution in [0.5, 0.6) is 0 Å². The standard InChI is InChI=1S/C18H12BrClF3N5O2/c1-8-5-9(19)6-10(15(24)29)14(8)26-17(30)12-7-13(18(21,22)23)27-28(12)16-11(20)3-2-4-25-16/h2-7H,1H3,(H2,24,29)(H,26,30). The molecule has 30 heavy (non-hydrogen) atoms. The van der Waals surface area contributed by atoms with Gasteiger partial charge >= 0.3 is 6.18 Å². The minimum atomic E-state index is -4.81. The number of rotatable bonds is 4. The molecule has 0 radical (unpaired) electrons. The number of benzene rings is 1. The molecule has 7 nitrogen and oxygen atoms in total. The van der Waals surface area contributed by atoms with Gasteiger partial charge in [0.1, 0.15) is 5.69 Å². The van der Waals surface area contributed by atoms with E-state index in [2.05, 4.69) is 31.3 Å². The number of nitrogens with one attached hydrogen (secondary N) is 1. The Kier molecular flexibility index (Phi) is 5.86. The molecule has 2 heterocycles. The average Bonchev–Trinajstić information content (AvgIpc) is 3.09. The van der Waals surface area contributed by atoms with E-state index >= 15 is 0 Å². The van der Waals surface area contributed by atoms with Gasteiger partial charge in [0, 0.05) is 16.7 Å². The number of pyridine rings is 1. The second kappa shape index (κ2) is 8.07. The molecule has 1 aromatic carbocycles. The van der Waals surface area contributed by atoms with Gasteiger partial charge in [-0.15, -0.1) is 0 Å². The highest BCUT2D eigenvalue weighted by atomic mass is 79.9. The van der Waals surface area contributed by atoms with Gasteiger partial charge in [0.25, 0.3) is 11.8 Å². The van der Waals surface area contributed by atoms with Gasteiger partial charge in [0.05, 0.1) is 16.3 Å². The van der Waals surface area contributed by atoms with Crippen molar-refractivity contribution in [3.63, 3.8) is 0 Å². The molecule has 0 spiro atoms. The Balaban J connectivity index is 2.13. The number of nitrogens with zero attached hydrogens (tertiary/aromatic N) is 3. The summed E-state index contributed by atoms with van der Waals surface area (Å²) in [5, 5.41) is 5.88. The fourth-order valence-electron chi connectivity index (χ4n) is 2.66. The zero-order chi connectivity index (χ0) is 22.2. The molecule has 0 aliphatic carbocycles. The summed E-state index contributed by atoms with van der Waals surface area (Å²) < 4.78 is 40.9. The van der Waals surface area contributed by atoms with E-state index in [1.807, 2.05) is 0 Å². The summed E-state index contributed by atoms with van der Waals surface area (Å²) in [7, 11) is 0. The smallest absolute Gasteiger partial charge is 0.366 e. The lowest BCUT2D eigenvalue weighted by Gasteiger charge is -2.14. The summed E-state index contributed by atoms with van der Waals surface area (Å²) in [5.74, 6) is -1.96. The van der Waals surface area contributed by atoms with Crippen LogP contribution in [0.4, 0.5) is 18.9 Å². The van der Waals surface area contributed by atoms with Crippen LogP contribution in [0.15, 0.2) is 41.0 Å². The van der Waals surface area contributed by atoms with Crippen molar-refractivity contribution in [3.8, 4) is 5.82 Å². The maximum absolute atomic E-state index is 13.2. The number of anilines is 1. The van der Waals surface area contributed by atoms with E-state index in [9.17, 15) is 22.8 Å². The van der Waals surface area contributed by atoms with Crippen LogP contribution in [0.1, 0.15) is 32.1 Å². The molecule has 156 valence electrons. The molecule has 0 unspecified atom stereocenters. The summed E-state index contributed by atoms with van der Waals surface area (Å²) in [4.78, 5) is 28.6. The molecule has 0 atom stereocenters. The average molecular weight is 503 g/mol. The van der Waals surface area contributed by atoms with E-state index in [-0.39, 0.29) is 22.1 Å². The Hall–Kier alpha value is -2.92. The Morgan fingerprint density at radius 3 is 2.57 bits per heavy atom. The fourth-order valence-corrected chi connectivity index (χ4v) is 3.43. The largest absolute Gasteiger partial charge is 0.435 e. The predicted octanol–water partition coefficient (Wildman–Crippen LogP) is 4.36. The Labute approximate surface area is 181 Å². The molecule has 3 rings (SSSR count). The molecular formula is C18H12BrClF3N5O2. The number of hydrogen-bond donors (Lipinski definition) is 2. The van der Waals surface area contributed by atoms with Crippen LogP contribution < -0.4 is 11.1 Å². The maximum atomic E-state index is 13.2. The molecule has 3 aromatic rings. The summed E-state index contributed by atoms with van der Waals surface area (Å²) in [6.07, 6.45) is -3.52. The number of nitrogens with two attached hydrogens (primary N) is 1. The van der Waals surface area contributed by atoms with Crippen LogP contribution in [-0.2, 0) is 6.18 Å². The van der Waals surface area contributed by atoms with Gasteiger partial charge in [-0.3, -0.25) is 9.59 Å². The number of aryl methyl sites for hydroxylation is 1. The number of alkyl halides is 3. The number of carbonyl (C=O) groups is 2. The van der Waals surface area contributed by atoms with Crippen LogP contribution in [0, 0.1) is 6.92 Å². The lowest BCUT2D eigenvalue weighted by Crippen LogP contribution is -2.21. The number of hydrogen-bond acceptors (Lipinski definition) is 4. The van der Waals surface area contributed by atoms with Gasteiger partial charge in [-0.25, -0.2) is 9.67 Å². The lowest BCUT2D eigenvalue weighted by atomic mass is 10.1. The van der Waals surface area contributed by atoms with Crippen LogP contribution in [-0.4, -0.2) is 26.6 Å². The van der Waals surface area contributed by atoms with Crippen molar-refractivity contribution in [2.24, 2.45) is 5.73 Å². The Morgan fingerprint density at radius 1 is 1.27 bits per heavy atom. The zero-order valence-corrected chi connectivity index (χ0v) is 17.4. The molecule has 0 saturated heterocycles. The topological polar surface area (TPSA) is 103 Å². The number of amides is 2. The summed E-state index contributed by atoms with van der Waals surface area (Å²) in [6.45, 7) is 1.60. The molecule has 0 aliphatic heterocycles. The van der Waals surface area contributed by atoms with Crippen molar-refractivity contribution in [1.82, 2.24) is 14.8 Å². The highest BCUT2D eigenvalue weighted by Gasteiger charge is 2.36. The zero-order valence-electron chi connectivity index (χ0n) is 15.1. The first-order valence-corrected chi connectivity index (χ1v) is 9.35. The maximum Gasteiger partial charge on any atom is 0.435 e. The van der Waals surface area contributed by atoms with Gasteiger partial charge in [-0.1, -0.05) is 27.5 Å². The van der Waals surface area contributed by atoms with Crippen molar-refractivity contribution < 1.29 is 22.8 Å². The molecule has 0 fully saturated rings. The molecule has 12 heteroatoms. The van der Waals surface area contributed by atoms with E-state index in [1.54, 1.807) is 13.0 Å². The fraction of sp³-hybridized carbons (Fsp3) is 0.111. The van der Waals surface area contributed by atoms with Gasteiger partial charge in [-0.05, 0) is 36.8 Å². The highest BCUT2D eigenvalue weighted by Crippen LogP contribution is 2.31. The first-order valence-electron chi connectivity index (χ1n) is 8.18. The van der Waals surface area contributed by atoms with Gasteiger partial charge in [0.15, 0.2) is 11.5 Å². The Bertz CT molecular complexity index is 1160. The van der Waals surface area contributed by atoms with Gasteiger partial charge in [0.2, 0.25) is 0 Å². The van der Waals surface area contributed by atoms with Crippen LogP contribution >= 0.6 is 27.5 Å². The molecule has 0 saturated carbocycles. The molecule has 0 bridgehead atoms. The molecule has 2 aromatic heterocycles. The molecule has 0 aliphatic rings. The summed E-state index contributed by atoms with van der Waals surface area (Å²) >= 11 is 9.25. The minimum absolute atomic E-state index is 0.0129. The first kappa shape index (κ1) is 21.8. The third kappa shape index (κ3) is 4.31. The van der Waals surface area contributed by atoms with Crippen molar-refractivity contribution >= 4 is 45.0 Å². The third-order valence-corrected chi connectivity index (χ3v) is 4.73. The lowest BCUT2D eigenvalue weighted by molar-refractivity contribution is -0.141. The van der Waals surface area contributed by atoms with E-state index in [0.29, 0.717) is 20.8 Å². The number of halogens is 5. The van der Waals surface area contributed by atoms with Crippen LogP contribution in [0.2, 0.25) is 5.02 Å². The highest BCUT2D eigenvalue weighted by molar-refractivity contribution is 9.10. The number of aromatic nitrogens is 3. The van der Waals surface area contributed by atoms with E-state index in [4.69, 9.17) is 17.3 Å². The predicted molar refractivity (Wildman–Crippen MR) is 107 cm³/mol. The normalized spacial score (nSPS) is 11.4. The second-order valence-corrected chi connectivity index (χ2v) is 7.42. The summed E-state index contributed by atoms with van der Waals surface area (Å²) in [6, 6.07) is 6.43. The van der Waals surface area contributed by atoms with Gasteiger partial charge < -0.3 is 11.1 Å². The van der Waals surface area contributed by atoms with Crippen molar-refractivity contribution in [1.29, 1.82) is 0 Å². The quantitative estimate of drug-likeness (QED) is 0.553. The van der Waals surface area contributed by atoms with Crippen molar-refractivity contribution in [2.75, 3.05) is 5.32 Å². The monoisotopic (exact) mass is 501 g/mol. The number of primary amides is 1. The molecule has 2 amide bonds. The van der Waals surface area contributed by atoms with Crippen LogP contribution in [0.25, 0.3) is 5.82 Å². The molecular weight excluding hydrogens is 491 g/mol. The summed E-state index contributed by atoms with van der Waals surface area (Å²) in [5.41, 5.74) is 4.07. The van der Waals surface area contributed by atoms with Crippen LogP contribution in [0.3, 0.4) is 0 Å². The van der Waals surface area contributed by atoms with Crippen molar-refractivity contribution in [2.45, 2.75) is 13.1 Å². The number of carbonyl (C=O) groups excluding carboxylic acids is 2.